The van der Waals surface area contributed by atoms with E-state index in [0.717, 1.165) is 5.06 Å². The Labute approximate surface area is 95.4 Å². The second-order valence-electron chi connectivity index (χ2n) is 5.58. The average molecular weight is 319 g/mol. The van der Waals surface area contributed by atoms with Crippen LogP contribution in [0.5, 0.6) is 5.06 Å². The molecule has 0 aliphatic rings. The van der Waals surface area contributed by atoms with Crippen molar-refractivity contribution in [3.8, 4) is 5.06 Å². The molecule has 0 unspecified atom stereocenters. The van der Waals surface area contributed by atoms with E-state index in [0.29, 0.717) is 0 Å². The van der Waals surface area contributed by atoms with Gasteiger partial charge >= 0.3 is 95.7 Å². The predicted molar refractivity (Wildman–Crippen MR) is 67.7 cm³/mol. The van der Waals surface area contributed by atoms with E-state index in [4.69, 9.17) is 4.74 Å². The van der Waals surface area contributed by atoms with Crippen LogP contribution in [0.15, 0.2) is 12.1 Å². The Morgan fingerprint density at radius 1 is 1.14 bits per heavy atom. The second-order valence-corrected chi connectivity index (χ2v) is 22.0. The summed E-state index contributed by atoms with van der Waals surface area (Å²) in [5.41, 5.74) is -0.0739. The minimum absolute atomic E-state index is 0.0739. The van der Waals surface area contributed by atoms with Crippen molar-refractivity contribution >= 4 is 32.6 Å². The van der Waals surface area contributed by atoms with Crippen LogP contribution in [-0.4, -0.2) is 24.0 Å². The van der Waals surface area contributed by atoms with Gasteiger partial charge in [-0.1, -0.05) is 0 Å². The van der Waals surface area contributed by atoms with Crippen LogP contribution in [0.25, 0.3) is 0 Å². The summed E-state index contributed by atoms with van der Waals surface area (Å²) in [5.74, 6) is 0. The number of hydrogen-bond donors (Lipinski definition) is 0. The Hall–Kier alpha value is 0.299. The Kier molecular flexibility index (Phi) is 3.57. The third-order valence-electron chi connectivity index (χ3n) is 1.73. The first-order valence-electron chi connectivity index (χ1n) is 4.98. The number of thiophene rings is 1. The number of ether oxygens (including phenoxy) is 1. The van der Waals surface area contributed by atoms with E-state index < -0.39 is 18.4 Å². The van der Waals surface area contributed by atoms with Gasteiger partial charge in [0.25, 0.3) is 0 Å². The van der Waals surface area contributed by atoms with Crippen LogP contribution in [0.3, 0.4) is 0 Å². The van der Waals surface area contributed by atoms with Crippen molar-refractivity contribution in [3.63, 3.8) is 0 Å². The van der Waals surface area contributed by atoms with Gasteiger partial charge in [0.2, 0.25) is 0 Å². The topological polar surface area (TPSA) is 9.23 Å². The zero-order valence-electron chi connectivity index (χ0n) is 9.97. The molecule has 1 aromatic rings. The number of rotatable bonds is 2. The zero-order valence-corrected chi connectivity index (χ0v) is 13.6. The van der Waals surface area contributed by atoms with Gasteiger partial charge < -0.3 is 0 Å². The van der Waals surface area contributed by atoms with Crippen molar-refractivity contribution in [2.45, 2.75) is 41.2 Å². The SMILES string of the molecule is CC(C)(C)Oc1cc[c]([Sn]([CH3])([CH3])[CH3])s1. The van der Waals surface area contributed by atoms with Crippen molar-refractivity contribution < 1.29 is 4.74 Å². The summed E-state index contributed by atoms with van der Waals surface area (Å²) >= 11 is -0.0159. The van der Waals surface area contributed by atoms with Crippen LogP contribution in [0.1, 0.15) is 20.8 Å². The van der Waals surface area contributed by atoms with Gasteiger partial charge in [0.1, 0.15) is 0 Å². The molecule has 0 N–H and O–H groups in total. The third-order valence-corrected chi connectivity index (χ3v) is 12.2. The summed E-state index contributed by atoms with van der Waals surface area (Å²) in [6.45, 7) is 6.27. The molecular weight excluding hydrogens is 299 g/mol. The van der Waals surface area contributed by atoms with Gasteiger partial charge in [0, 0.05) is 0 Å². The van der Waals surface area contributed by atoms with E-state index in [1.54, 1.807) is 2.89 Å². The van der Waals surface area contributed by atoms with Gasteiger partial charge in [-0.15, -0.1) is 0 Å². The zero-order chi connectivity index (χ0) is 11.0. The molecule has 1 heterocycles. The standard InChI is InChI=1S/C8H11OS.3CH3.Sn/c1-8(2,3)9-7-5-4-6-10-7;;;;/h4-5H,1-3H3;3*1H3;. The fourth-order valence-corrected chi connectivity index (χ4v) is 7.31. The molecule has 0 atom stereocenters. The van der Waals surface area contributed by atoms with E-state index in [2.05, 4.69) is 47.7 Å². The molecule has 0 amide bonds. The van der Waals surface area contributed by atoms with Gasteiger partial charge in [0.05, 0.1) is 0 Å². The van der Waals surface area contributed by atoms with Gasteiger partial charge in [-0.3, -0.25) is 0 Å². The van der Waals surface area contributed by atoms with Crippen LogP contribution in [0, 0.1) is 0 Å². The van der Waals surface area contributed by atoms with Gasteiger partial charge in [-0.25, -0.2) is 0 Å². The average Bonchev–Trinajstić information content (AvgIpc) is 2.29. The van der Waals surface area contributed by atoms with E-state index in [1.807, 2.05) is 11.3 Å². The summed E-state index contributed by atoms with van der Waals surface area (Å²) in [7, 11) is 0. The van der Waals surface area contributed by atoms with Gasteiger partial charge in [0.15, 0.2) is 0 Å². The van der Waals surface area contributed by atoms with Crippen molar-refractivity contribution in [3.05, 3.63) is 12.1 Å². The third kappa shape index (κ3) is 3.81. The van der Waals surface area contributed by atoms with Crippen molar-refractivity contribution in [1.82, 2.24) is 0 Å². The van der Waals surface area contributed by atoms with E-state index in [-0.39, 0.29) is 5.60 Å². The van der Waals surface area contributed by atoms with E-state index in [9.17, 15) is 0 Å². The van der Waals surface area contributed by atoms with Gasteiger partial charge in [-0.2, -0.15) is 0 Å². The summed E-state index contributed by atoms with van der Waals surface area (Å²) < 4.78 is 7.41. The molecule has 80 valence electrons. The molecular formula is C11H20OSSn. The molecule has 0 saturated carbocycles. The van der Waals surface area contributed by atoms with Crippen LogP contribution in [0.2, 0.25) is 14.8 Å². The Morgan fingerprint density at radius 3 is 2.07 bits per heavy atom. The summed E-state index contributed by atoms with van der Waals surface area (Å²) in [6.07, 6.45) is 0. The molecule has 0 fully saturated rings. The fourth-order valence-electron chi connectivity index (χ4n) is 1.08. The quantitative estimate of drug-likeness (QED) is 0.759. The van der Waals surface area contributed by atoms with Crippen molar-refractivity contribution in [2.24, 2.45) is 0 Å². The van der Waals surface area contributed by atoms with E-state index >= 15 is 0 Å². The second kappa shape index (κ2) is 4.05. The molecule has 0 aliphatic heterocycles. The molecule has 14 heavy (non-hydrogen) atoms. The molecule has 0 bridgehead atoms. The molecule has 1 aromatic heterocycles. The van der Waals surface area contributed by atoms with E-state index in [1.165, 1.54) is 0 Å². The molecule has 0 aromatic carbocycles. The van der Waals surface area contributed by atoms with Crippen LogP contribution in [-0.2, 0) is 0 Å². The molecule has 1 nitrogen and oxygen atoms in total. The first-order valence-corrected chi connectivity index (χ1v) is 15.8. The molecule has 0 radical (unpaired) electrons. The van der Waals surface area contributed by atoms with Crippen molar-refractivity contribution in [2.75, 3.05) is 0 Å². The molecule has 0 saturated heterocycles. The minimum atomic E-state index is -1.85. The molecule has 3 heteroatoms. The summed E-state index contributed by atoms with van der Waals surface area (Å²) in [5, 5.41) is 1.07. The number of hydrogen-bond acceptors (Lipinski definition) is 2. The predicted octanol–water partition coefficient (Wildman–Crippen LogP) is 3.47. The Morgan fingerprint density at radius 2 is 1.71 bits per heavy atom. The first-order chi connectivity index (χ1) is 6.18. The molecule has 0 aliphatic carbocycles. The monoisotopic (exact) mass is 320 g/mol. The van der Waals surface area contributed by atoms with Crippen molar-refractivity contribution in [1.29, 1.82) is 0 Å². The Balaban J connectivity index is 2.79. The molecule has 1 rings (SSSR count). The fraction of sp³-hybridized carbons (Fsp3) is 0.636. The first kappa shape index (κ1) is 12.4. The van der Waals surface area contributed by atoms with Crippen LogP contribution in [0.4, 0.5) is 0 Å². The Bertz CT molecular complexity index is 304. The maximum atomic E-state index is 5.83. The summed E-state index contributed by atoms with van der Waals surface area (Å²) in [4.78, 5) is 7.30. The van der Waals surface area contributed by atoms with Gasteiger partial charge in [-0.05, 0) is 0 Å². The van der Waals surface area contributed by atoms with Crippen LogP contribution < -0.4 is 7.63 Å². The summed E-state index contributed by atoms with van der Waals surface area (Å²) in [6, 6.07) is 4.37. The van der Waals surface area contributed by atoms with Crippen LogP contribution >= 0.6 is 11.3 Å². The molecule has 0 spiro atoms. The normalized spacial score (nSPS) is 13.0. The maximum absolute atomic E-state index is 5.83.